The first kappa shape index (κ1) is 19.4. The number of rotatable bonds is 4. The highest BCUT2D eigenvalue weighted by Gasteiger charge is 2.37. The molecule has 2 aromatic heterocycles. The van der Waals surface area contributed by atoms with Crippen molar-refractivity contribution in [3.63, 3.8) is 0 Å². The number of nitrogens with one attached hydrogen (secondary N) is 2. The van der Waals surface area contributed by atoms with Crippen molar-refractivity contribution in [2.45, 2.75) is 38.1 Å². The third kappa shape index (κ3) is 4.40. The van der Waals surface area contributed by atoms with Gasteiger partial charge >= 0.3 is 6.03 Å². The smallest absolute Gasteiger partial charge is 0.319 e. The van der Waals surface area contributed by atoms with E-state index in [1.165, 1.54) is 0 Å². The van der Waals surface area contributed by atoms with Gasteiger partial charge in [0.05, 0.1) is 5.54 Å². The number of anilines is 1. The maximum atomic E-state index is 12.8. The fourth-order valence-corrected chi connectivity index (χ4v) is 4.19. The van der Waals surface area contributed by atoms with Crippen LogP contribution in [0.2, 0.25) is 5.15 Å². The molecule has 4 rings (SSSR count). The summed E-state index contributed by atoms with van der Waals surface area (Å²) in [5.41, 5.74) is 4.52. The van der Waals surface area contributed by atoms with Crippen molar-refractivity contribution in [2.24, 2.45) is 0 Å². The third-order valence-corrected chi connectivity index (χ3v) is 5.67. The number of amides is 2. The Kier molecular flexibility index (Phi) is 5.49. The Balaban J connectivity index is 1.47. The number of urea groups is 1. The molecular formula is C23H23ClN4O. The van der Waals surface area contributed by atoms with E-state index in [0.29, 0.717) is 5.15 Å². The highest BCUT2D eigenvalue weighted by Crippen LogP contribution is 2.39. The van der Waals surface area contributed by atoms with Gasteiger partial charge in [-0.15, -0.1) is 0 Å². The molecule has 1 aliphatic rings. The Hall–Kier alpha value is -2.92. The Labute approximate surface area is 175 Å². The second-order valence-corrected chi connectivity index (χ2v) is 7.89. The maximum absolute atomic E-state index is 12.8. The van der Waals surface area contributed by atoms with Crippen LogP contribution in [0.4, 0.5) is 10.5 Å². The molecule has 1 saturated carbocycles. The van der Waals surface area contributed by atoms with Crippen molar-refractivity contribution in [2.75, 3.05) is 5.32 Å². The number of halogens is 1. The summed E-state index contributed by atoms with van der Waals surface area (Å²) >= 11 is 6.08. The van der Waals surface area contributed by atoms with Crippen molar-refractivity contribution < 1.29 is 4.79 Å². The van der Waals surface area contributed by atoms with Gasteiger partial charge in [-0.25, -0.2) is 9.78 Å². The maximum Gasteiger partial charge on any atom is 0.319 e. The van der Waals surface area contributed by atoms with Crippen LogP contribution in [0.3, 0.4) is 0 Å². The molecule has 0 aliphatic heterocycles. The third-order valence-electron chi connectivity index (χ3n) is 5.46. The number of pyridine rings is 2. The lowest BCUT2D eigenvalue weighted by Gasteiger charge is -2.31. The lowest BCUT2D eigenvalue weighted by molar-refractivity contribution is 0.236. The molecule has 3 aromatic rings. The molecule has 2 N–H and O–H groups in total. The van der Waals surface area contributed by atoms with Gasteiger partial charge in [0.1, 0.15) is 5.15 Å². The van der Waals surface area contributed by atoms with Gasteiger partial charge in [0.25, 0.3) is 0 Å². The zero-order chi connectivity index (χ0) is 20.3. The molecular weight excluding hydrogens is 384 g/mol. The second-order valence-electron chi connectivity index (χ2n) is 7.50. The summed E-state index contributed by atoms with van der Waals surface area (Å²) in [4.78, 5) is 21.0. The molecule has 2 heterocycles. The van der Waals surface area contributed by atoms with Gasteiger partial charge in [-0.2, -0.15) is 0 Å². The predicted octanol–water partition coefficient (Wildman–Crippen LogP) is 5.70. The minimum Gasteiger partial charge on any atom is -0.328 e. The first-order valence-electron chi connectivity index (χ1n) is 9.78. The lowest BCUT2D eigenvalue weighted by atomic mass is 9.89. The van der Waals surface area contributed by atoms with Crippen LogP contribution in [0.25, 0.3) is 11.1 Å². The van der Waals surface area contributed by atoms with E-state index >= 15 is 0 Å². The topological polar surface area (TPSA) is 66.9 Å². The molecule has 1 aliphatic carbocycles. The van der Waals surface area contributed by atoms with Crippen LogP contribution in [0.5, 0.6) is 0 Å². The minimum absolute atomic E-state index is 0.215. The van der Waals surface area contributed by atoms with Crippen molar-refractivity contribution in [1.29, 1.82) is 0 Å². The largest absolute Gasteiger partial charge is 0.328 e. The summed E-state index contributed by atoms with van der Waals surface area (Å²) in [7, 11) is 0. The summed E-state index contributed by atoms with van der Waals surface area (Å²) in [6, 6.07) is 15.4. The molecule has 2 amide bonds. The van der Waals surface area contributed by atoms with Crippen LogP contribution in [0.15, 0.2) is 60.9 Å². The van der Waals surface area contributed by atoms with Gasteiger partial charge < -0.3 is 10.6 Å². The average molecular weight is 407 g/mol. The normalized spacial score (nSPS) is 15.1. The van der Waals surface area contributed by atoms with E-state index in [4.69, 9.17) is 11.6 Å². The van der Waals surface area contributed by atoms with Gasteiger partial charge in [0.15, 0.2) is 0 Å². The zero-order valence-electron chi connectivity index (χ0n) is 16.3. The van der Waals surface area contributed by atoms with Crippen molar-refractivity contribution in [3.8, 4) is 11.1 Å². The van der Waals surface area contributed by atoms with Gasteiger partial charge in [-0.1, -0.05) is 36.6 Å². The van der Waals surface area contributed by atoms with Crippen molar-refractivity contribution >= 4 is 23.3 Å². The van der Waals surface area contributed by atoms with Crippen molar-refractivity contribution in [1.82, 2.24) is 15.3 Å². The number of hydrogen-bond acceptors (Lipinski definition) is 3. The highest BCUT2D eigenvalue weighted by atomic mass is 35.5. The number of carbonyl (C=O) groups is 1. The van der Waals surface area contributed by atoms with E-state index in [2.05, 4.69) is 20.6 Å². The summed E-state index contributed by atoms with van der Waals surface area (Å²) in [5, 5.41) is 6.59. The quantitative estimate of drug-likeness (QED) is 0.546. The lowest BCUT2D eigenvalue weighted by Crippen LogP contribution is -2.45. The van der Waals surface area contributed by atoms with E-state index in [1.54, 1.807) is 12.4 Å². The van der Waals surface area contributed by atoms with E-state index < -0.39 is 5.54 Å². The molecule has 0 atom stereocenters. The molecule has 29 heavy (non-hydrogen) atoms. The van der Waals surface area contributed by atoms with E-state index in [0.717, 1.165) is 53.8 Å². The molecule has 0 unspecified atom stereocenters. The highest BCUT2D eigenvalue weighted by molar-refractivity contribution is 6.29. The summed E-state index contributed by atoms with van der Waals surface area (Å²) in [6.07, 6.45) is 7.41. The second kappa shape index (κ2) is 8.21. The average Bonchev–Trinajstić information content (AvgIpc) is 3.18. The molecule has 0 radical (unpaired) electrons. The number of carbonyl (C=O) groups excluding carboxylic acids is 1. The van der Waals surface area contributed by atoms with Gasteiger partial charge in [0, 0.05) is 23.8 Å². The molecule has 0 saturated heterocycles. The predicted molar refractivity (Wildman–Crippen MR) is 116 cm³/mol. The number of aryl methyl sites for hydroxylation is 1. The Morgan fingerprint density at radius 3 is 2.38 bits per heavy atom. The van der Waals surface area contributed by atoms with Crippen LogP contribution >= 0.6 is 11.6 Å². The zero-order valence-corrected chi connectivity index (χ0v) is 17.0. The first-order valence-corrected chi connectivity index (χ1v) is 10.2. The summed E-state index contributed by atoms with van der Waals surface area (Å²) < 4.78 is 0. The van der Waals surface area contributed by atoms with Crippen LogP contribution < -0.4 is 10.6 Å². The monoisotopic (exact) mass is 406 g/mol. The van der Waals surface area contributed by atoms with E-state index in [9.17, 15) is 4.79 Å². The Bertz CT molecular complexity index is 1010. The number of nitrogens with zero attached hydrogens (tertiary/aromatic N) is 2. The van der Waals surface area contributed by atoms with Gasteiger partial charge in [-0.05, 0) is 72.9 Å². The van der Waals surface area contributed by atoms with E-state index in [1.807, 2.05) is 55.5 Å². The molecule has 148 valence electrons. The van der Waals surface area contributed by atoms with Crippen LogP contribution in [0, 0.1) is 6.92 Å². The summed E-state index contributed by atoms with van der Waals surface area (Å²) in [6.45, 7) is 1.97. The Morgan fingerprint density at radius 1 is 0.966 bits per heavy atom. The first-order chi connectivity index (χ1) is 14.0. The fraction of sp³-hybridized carbons (Fsp3) is 0.261. The minimum atomic E-state index is -0.398. The van der Waals surface area contributed by atoms with Crippen LogP contribution in [-0.4, -0.2) is 16.0 Å². The molecule has 1 aromatic carbocycles. The SMILES string of the molecule is Cc1cc(-c2ccc(NC(=O)NC3(c4ccnc(Cl)c4)CCCC3)cc2)ccn1. The fourth-order valence-electron chi connectivity index (χ4n) is 4.02. The Morgan fingerprint density at radius 2 is 1.69 bits per heavy atom. The molecule has 0 spiro atoms. The standard InChI is InChI=1S/C23H23ClN4O/c1-16-14-18(8-12-25-16)17-4-6-20(7-5-17)27-22(29)28-23(10-2-3-11-23)19-9-13-26-21(24)15-19/h4-9,12-15H,2-3,10-11H2,1H3,(H2,27,28,29). The van der Waals surface area contributed by atoms with Gasteiger partial charge in [-0.3, -0.25) is 4.98 Å². The van der Waals surface area contributed by atoms with Crippen molar-refractivity contribution in [3.05, 3.63) is 77.3 Å². The number of hydrogen-bond donors (Lipinski definition) is 2. The molecule has 0 bridgehead atoms. The summed E-state index contributed by atoms with van der Waals surface area (Å²) in [5.74, 6) is 0. The van der Waals surface area contributed by atoms with Crippen LogP contribution in [-0.2, 0) is 5.54 Å². The number of benzene rings is 1. The number of aromatic nitrogens is 2. The molecule has 5 nitrogen and oxygen atoms in total. The van der Waals surface area contributed by atoms with Crippen LogP contribution in [0.1, 0.15) is 36.9 Å². The van der Waals surface area contributed by atoms with E-state index in [-0.39, 0.29) is 6.03 Å². The molecule has 1 fully saturated rings. The van der Waals surface area contributed by atoms with Gasteiger partial charge in [0.2, 0.25) is 0 Å². The molecule has 6 heteroatoms.